The molecule has 0 saturated heterocycles. The molecule has 0 fully saturated rings. The first-order valence-corrected chi connectivity index (χ1v) is 6.73. The summed E-state index contributed by atoms with van der Waals surface area (Å²) in [6, 6.07) is 7.65. The third-order valence-electron chi connectivity index (χ3n) is 3.23. The number of amides is 1. The van der Waals surface area contributed by atoms with Gasteiger partial charge in [-0.25, -0.2) is 0 Å². The second kappa shape index (κ2) is 6.34. The largest absolute Gasteiger partial charge is 0.482 e. The Morgan fingerprint density at radius 2 is 2.14 bits per heavy atom. The summed E-state index contributed by atoms with van der Waals surface area (Å²) in [4.78, 5) is 12.7. The fraction of sp³-hybridized carbons (Fsp3) is 0.429. The van der Waals surface area contributed by atoms with Gasteiger partial charge in [-0.05, 0) is 23.8 Å². The van der Waals surface area contributed by atoms with Gasteiger partial charge in [0.05, 0.1) is 7.05 Å². The number of carbonyl (C=O) groups excluding carboxylic acids is 1. The topological polar surface area (TPSA) is 95.9 Å². The molecule has 1 amide bonds. The Morgan fingerprint density at radius 3 is 2.71 bits per heavy atom. The van der Waals surface area contributed by atoms with E-state index < -0.39 is 6.10 Å². The molecule has 0 aliphatic carbocycles. The Labute approximate surface area is 123 Å². The van der Waals surface area contributed by atoms with Gasteiger partial charge in [0.25, 0.3) is 0 Å². The van der Waals surface area contributed by atoms with Crippen molar-refractivity contribution in [1.29, 1.82) is 0 Å². The Balaban J connectivity index is 2.23. The fourth-order valence-corrected chi connectivity index (χ4v) is 1.91. The monoisotopic (exact) mass is 289 g/mol. The lowest BCUT2D eigenvalue weighted by atomic mass is 10.0. The van der Waals surface area contributed by atoms with E-state index in [2.05, 4.69) is 15.4 Å². The summed E-state index contributed by atoms with van der Waals surface area (Å²) in [6.45, 7) is 3.71. The molecule has 0 radical (unpaired) electrons. The molecule has 0 spiro atoms. The first kappa shape index (κ1) is 15.0. The molecule has 7 nitrogen and oxygen atoms in total. The Bertz CT molecular complexity index is 625. The molecule has 2 unspecified atom stereocenters. The zero-order chi connectivity index (χ0) is 15.4. The van der Waals surface area contributed by atoms with Crippen LogP contribution in [0.4, 0.5) is 0 Å². The smallest absolute Gasteiger partial charge is 0.220 e. The van der Waals surface area contributed by atoms with E-state index in [9.17, 15) is 4.79 Å². The van der Waals surface area contributed by atoms with Crippen molar-refractivity contribution >= 4 is 5.91 Å². The van der Waals surface area contributed by atoms with Crippen LogP contribution in [-0.4, -0.2) is 26.1 Å². The van der Waals surface area contributed by atoms with Gasteiger partial charge < -0.3 is 10.5 Å². The molecule has 2 aromatic rings. The molecule has 0 saturated carbocycles. The van der Waals surface area contributed by atoms with Crippen molar-refractivity contribution in [2.75, 3.05) is 0 Å². The average Bonchev–Trinajstić information content (AvgIpc) is 2.86. The van der Waals surface area contributed by atoms with Crippen LogP contribution in [0.2, 0.25) is 0 Å². The van der Waals surface area contributed by atoms with Crippen LogP contribution in [0.25, 0.3) is 0 Å². The van der Waals surface area contributed by atoms with Crippen molar-refractivity contribution in [3.63, 3.8) is 0 Å². The molecule has 21 heavy (non-hydrogen) atoms. The van der Waals surface area contributed by atoms with Crippen LogP contribution in [0.5, 0.6) is 5.75 Å². The summed E-state index contributed by atoms with van der Waals surface area (Å²) in [5, 5.41) is 12.0. The zero-order valence-electron chi connectivity index (χ0n) is 12.4. The van der Waals surface area contributed by atoms with Crippen LogP contribution >= 0.6 is 0 Å². The Morgan fingerprint density at radius 1 is 1.43 bits per heavy atom. The highest BCUT2D eigenvalue weighted by Crippen LogP contribution is 2.27. The minimum Gasteiger partial charge on any atom is -0.482 e. The van der Waals surface area contributed by atoms with Crippen molar-refractivity contribution < 1.29 is 9.53 Å². The fourth-order valence-electron chi connectivity index (χ4n) is 1.91. The van der Waals surface area contributed by atoms with Crippen LogP contribution in [-0.2, 0) is 11.8 Å². The van der Waals surface area contributed by atoms with E-state index in [1.807, 2.05) is 31.2 Å². The Hall–Kier alpha value is -2.44. The van der Waals surface area contributed by atoms with Crippen LogP contribution in [0.15, 0.2) is 24.3 Å². The lowest BCUT2D eigenvalue weighted by Crippen LogP contribution is -2.24. The zero-order valence-corrected chi connectivity index (χ0v) is 12.4. The van der Waals surface area contributed by atoms with E-state index >= 15 is 0 Å². The summed E-state index contributed by atoms with van der Waals surface area (Å²) in [7, 11) is 1.68. The van der Waals surface area contributed by atoms with E-state index in [0.717, 1.165) is 11.3 Å². The number of rotatable bonds is 6. The summed E-state index contributed by atoms with van der Waals surface area (Å²) >= 11 is 0. The minimum absolute atomic E-state index is 0.345. The normalized spacial score (nSPS) is 13.7. The third kappa shape index (κ3) is 3.77. The quantitative estimate of drug-likeness (QED) is 0.860. The number of aromatic nitrogens is 4. The first-order valence-electron chi connectivity index (χ1n) is 6.73. The number of nitrogens with two attached hydrogens (primary N) is 1. The molecular formula is C14H19N5O2. The lowest BCUT2D eigenvalue weighted by Gasteiger charge is -2.19. The highest BCUT2D eigenvalue weighted by atomic mass is 16.5. The molecule has 112 valence electrons. The van der Waals surface area contributed by atoms with E-state index in [-0.39, 0.29) is 11.8 Å². The van der Waals surface area contributed by atoms with Crippen molar-refractivity contribution in [3.05, 3.63) is 35.7 Å². The number of ether oxygens (including phenoxy) is 1. The number of hydrogen-bond donors (Lipinski definition) is 1. The van der Waals surface area contributed by atoms with Gasteiger partial charge in [0.2, 0.25) is 11.7 Å². The molecule has 2 N–H and O–H groups in total. The molecule has 0 aliphatic heterocycles. The number of nitrogens with zero attached hydrogens (tertiary/aromatic N) is 4. The summed E-state index contributed by atoms with van der Waals surface area (Å²) < 4.78 is 5.98. The summed E-state index contributed by atoms with van der Waals surface area (Å²) in [6.07, 6.45) is -0.0719. The number of benzene rings is 1. The lowest BCUT2D eigenvalue weighted by molar-refractivity contribution is -0.122. The molecular weight excluding hydrogens is 270 g/mol. The maximum atomic E-state index is 11.3. The van der Waals surface area contributed by atoms with Gasteiger partial charge in [-0.15, -0.1) is 10.2 Å². The van der Waals surface area contributed by atoms with Crippen LogP contribution in [0.1, 0.15) is 30.8 Å². The highest BCUT2D eigenvalue weighted by Gasteiger charge is 2.24. The van der Waals surface area contributed by atoms with Crippen molar-refractivity contribution in [3.8, 4) is 5.75 Å². The van der Waals surface area contributed by atoms with Crippen LogP contribution in [0.3, 0.4) is 0 Å². The van der Waals surface area contributed by atoms with Crippen molar-refractivity contribution in [2.45, 2.75) is 26.4 Å². The molecule has 1 aromatic heterocycles. The van der Waals surface area contributed by atoms with Gasteiger partial charge in [0, 0.05) is 12.3 Å². The number of aryl methyl sites for hydroxylation is 2. The number of para-hydroxylation sites is 1. The molecule has 2 atom stereocenters. The molecule has 7 heteroatoms. The second-order valence-corrected chi connectivity index (χ2v) is 5.05. The van der Waals surface area contributed by atoms with E-state index in [1.54, 1.807) is 14.0 Å². The Kier molecular flexibility index (Phi) is 4.52. The van der Waals surface area contributed by atoms with Crippen LogP contribution < -0.4 is 10.5 Å². The molecule has 2 rings (SSSR count). The number of carbonyl (C=O) groups is 1. The molecule has 0 bridgehead atoms. The molecule has 1 heterocycles. The van der Waals surface area contributed by atoms with Gasteiger partial charge in [-0.1, -0.05) is 25.1 Å². The summed E-state index contributed by atoms with van der Waals surface area (Å²) in [5.74, 6) is 0.445. The highest BCUT2D eigenvalue weighted by molar-refractivity contribution is 5.76. The standard InChI is InChI=1S/C14H19N5O2/c1-9-6-4-5-7-11(9)21-12(8-10(2)13(15)20)14-16-18-19(3)17-14/h4-7,10,12H,8H2,1-3H3,(H2,15,20). The molecule has 1 aromatic carbocycles. The van der Waals surface area contributed by atoms with Gasteiger partial charge in [-0.3, -0.25) is 4.79 Å². The summed E-state index contributed by atoms with van der Waals surface area (Å²) in [5.41, 5.74) is 6.33. The molecule has 0 aliphatic rings. The SMILES string of the molecule is Cc1ccccc1OC(CC(C)C(N)=O)c1nnn(C)n1. The van der Waals surface area contributed by atoms with E-state index in [0.29, 0.717) is 12.2 Å². The predicted octanol–water partition coefficient (Wildman–Crippen LogP) is 1.15. The third-order valence-corrected chi connectivity index (χ3v) is 3.23. The van der Waals surface area contributed by atoms with E-state index in [4.69, 9.17) is 10.5 Å². The second-order valence-electron chi connectivity index (χ2n) is 5.05. The first-order chi connectivity index (χ1) is 9.97. The average molecular weight is 289 g/mol. The van der Waals surface area contributed by atoms with Gasteiger partial charge in [0.1, 0.15) is 5.75 Å². The number of hydrogen-bond acceptors (Lipinski definition) is 5. The van der Waals surface area contributed by atoms with Crippen LogP contribution in [0, 0.1) is 12.8 Å². The minimum atomic E-state index is -0.470. The van der Waals surface area contributed by atoms with Gasteiger partial charge in [-0.2, -0.15) is 4.80 Å². The van der Waals surface area contributed by atoms with Crippen molar-refractivity contribution in [1.82, 2.24) is 20.2 Å². The number of tetrazole rings is 1. The maximum absolute atomic E-state index is 11.3. The maximum Gasteiger partial charge on any atom is 0.220 e. The van der Waals surface area contributed by atoms with E-state index in [1.165, 1.54) is 4.80 Å². The van der Waals surface area contributed by atoms with Gasteiger partial charge in [0.15, 0.2) is 6.10 Å². The van der Waals surface area contributed by atoms with Crippen molar-refractivity contribution in [2.24, 2.45) is 18.7 Å². The van der Waals surface area contributed by atoms with Gasteiger partial charge >= 0.3 is 0 Å². The number of primary amides is 1. The predicted molar refractivity (Wildman–Crippen MR) is 76.3 cm³/mol.